The third-order valence-corrected chi connectivity index (χ3v) is 3.60. The van der Waals surface area contributed by atoms with Crippen molar-refractivity contribution in [3.8, 4) is 0 Å². The molecule has 1 fully saturated rings. The van der Waals surface area contributed by atoms with Crippen LogP contribution in [0, 0.1) is 0 Å². The summed E-state index contributed by atoms with van der Waals surface area (Å²) in [6.45, 7) is 0. The zero-order valence-electron chi connectivity index (χ0n) is 10.3. The molecular formula is C12H12BrF5N2. The minimum absolute atomic E-state index is 0.0434. The zero-order valence-corrected chi connectivity index (χ0v) is 11.9. The number of pyridine rings is 1. The standard InChI is InChI=1S/C12H12BrF5N2/c13-9-5-7(12(16,17)18)6-10(20-9)19-8-1-3-11(14,15)4-2-8/h5-6,8H,1-4H2,(H,19,20). The van der Waals surface area contributed by atoms with Crippen LogP contribution >= 0.6 is 15.9 Å². The molecule has 0 radical (unpaired) electrons. The minimum atomic E-state index is -4.47. The van der Waals surface area contributed by atoms with Crippen LogP contribution in [0.3, 0.4) is 0 Å². The lowest BCUT2D eigenvalue weighted by molar-refractivity contribution is -0.137. The molecule has 1 N–H and O–H groups in total. The van der Waals surface area contributed by atoms with Crippen LogP contribution in [0.4, 0.5) is 27.8 Å². The van der Waals surface area contributed by atoms with Crippen LogP contribution in [0.15, 0.2) is 16.7 Å². The van der Waals surface area contributed by atoms with E-state index in [1.165, 1.54) is 0 Å². The average Bonchev–Trinajstić information content (AvgIpc) is 2.30. The van der Waals surface area contributed by atoms with E-state index in [-0.39, 0.29) is 42.1 Å². The van der Waals surface area contributed by atoms with Crippen LogP contribution < -0.4 is 5.32 Å². The Kier molecular flexibility index (Phi) is 4.22. The first-order valence-electron chi connectivity index (χ1n) is 6.05. The first-order chi connectivity index (χ1) is 9.16. The van der Waals surface area contributed by atoms with Gasteiger partial charge in [-0.1, -0.05) is 0 Å². The third-order valence-electron chi connectivity index (χ3n) is 3.19. The minimum Gasteiger partial charge on any atom is -0.367 e. The van der Waals surface area contributed by atoms with Gasteiger partial charge in [-0.2, -0.15) is 13.2 Å². The number of aromatic nitrogens is 1. The van der Waals surface area contributed by atoms with Crippen LogP contribution in [-0.2, 0) is 6.18 Å². The summed E-state index contributed by atoms with van der Waals surface area (Å²) in [7, 11) is 0. The Bertz CT molecular complexity index is 479. The predicted molar refractivity (Wildman–Crippen MR) is 67.8 cm³/mol. The van der Waals surface area contributed by atoms with Crippen molar-refractivity contribution in [2.24, 2.45) is 0 Å². The van der Waals surface area contributed by atoms with Gasteiger partial charge in [0.25, 0.3) is 0 Å². The van der Waals surface area contributed by atoms with E-state index in [0.717, 1.165) is 12.1 Å². The van der Waals surface area contributed by atoms with Gasteiger partial charge in [0.05, 0.1) is 5.56 Å². The number of hydrogen-bond acceptors (Lipinski definition) is 2. The number of nitrogens with one attached hydrogen (secondary N) is 1. The van der Waals surface area contributed by atoms with E-state index in [4.69, 9.17) is 0 Å². The van der Waals surface area contributed by atoms with Gasteiger partial charge in [-0.15, -0.1) is 0 Å². The van der Waals surface area contributed by atoms with Crippen molar-refractivity contribution < 1.29 is 22.0 Å². The van der Waals surface area contributed by atoms with Gasteiger partial charge in [0, 0.05) is 18.9 Å². The smallest absolute Gasteiger partial charge is 0.367 e. The molecule has 1 aromatic rings. The summed E-state index contributed by atoms with van der Waals surface area (Å²) >= 11 is 2.92. The van der Waals surface area contributed by atoms with E-state index in [1.807, 2.05) is 0 Å². The van der Waals surface area contributed by atoms with Crippen molar-refractivity contribution in [2.45, 2.75) is 43.8 Å². The van der Waals surface area contributed by atoms with Gasteiger partial charge in [-0.25, -0.2) is 13.8 Å². The molecule has 1 aliphatic carbocycles. The second kappa shape index (κ2) is 5.46. The number of anilines is 1. The summed E-state index contributed by atoms with van der Waals surface area (Å²) in [6, 6.07) is 1.48. The SMILES string of the molecule is FC1(F)CCC(Nc2cc(C(F)(F)F)cc(Br)n2)CC1. The van der Waals surface area contributed by atoms with Crippen LogP contribution in [0.25, 0.3) is 0 Å². The Labute approximate surface area is 120 Å². The second-order valence-corrected chi connectivity index (χ2v) is 5.65. The van der Waals surface area contributed by atoms with Crippen molar-refractivity contribution >= 4 is 21.7 Å². The van der Waals surface area contributed by atoms with E-state index in [9.17, 15) is 22.0 Å². The lowest BCUT2D eigenvalue weighted by Crippen LogP contribution is -2.32. The molecule has 0 atom stereocenters. The first-order valence-corrected chi connectivity index (χ1v) is 6.84. The average molecular weight is 359 g/mol. The van der Waals surface area contributed by atoms with E-state index < -0.39 is 17.7 Å². The van der Waals surface area contributed by atoms with E-state index in [1.54, 1.807) is 0 Å². The first kappa shape index (κ1) is 15.5. The van der Waals surface area contributed by atoms with Crippen LogP contribution in [0.1, 0.15) is 31.2 Å². The largest absolute Gasteiger partial charge is 0.416 e. The third kappa shape index (κ3) is 4.04. The highest BCUT2D eigenvalue weighted by molar-refractivity contribution is 9.10. The highest BCUT2D eigenvalue weighted by atomic mass is 79.9. The summed E-state index contributed by atoms with van der Waals surface area (Å²) in [4.78, 5) is 3.90. The van der Waals surface area contributed by atoms with E-state index in [0.29, 0.717) is 0 Å². The monoisotopic (exact) mass is 358 g/mol. The topological polar surface area (TPSA) is 24.9 Å². The Hall–Kier alpha value is -0.920. The van der Waals surface area contributed by atoms with Gasteiger partial charge in [-0.05, 0) is 40.9 Å². The predicted octanol–water partition coefficient (Wildman–Crippen LogP) is 4.85. The molecule has 0 aliphatic heterocycles. The maximum absolute atomic E-state index is 13.0. The van der Waals surface area contributed by atoms with E-state index in [2.05, 4.69) is 26.2 Å². The zero-order chi connectivity index (χ0) is 15.0. The van der Waals surface area contributed by atoms with Gasteiger partial charge in [-0.3, -0.25) is 0 Å². The number of halogens is 6. The fourth-order valence-electron chi connectivity index (χ4n) is 2.13. The molecule has 20 heavy (non-hydrogen) atoms. The molecular weight excluding hydrogens is 347 g/mol. The van der Waals surface area contributed by atoms with Crippen molar-refractivity contribution in [1.82, 2.24) is 4.98 Å². The maximum Gasteiger partial charge on any atom is 0.416 e. The molecule has 0 amide bonds. The summed E-state index contributed by atoms with van der Waals surface area (Å²) < 4.78 is 64.0. The lowest BCUT2D eigenvalue weighted by atomic mass is 9.92. The van der Waals surface area contributed by atoms with Crippen molar-refractivity contribution in [3.05, 3.63) is 22.3 Å². The van der Waals surface area contributed by atoms with Gasteiger partial charge in [0.15, 0.2) is 0 Å². The molecule has 1 aliphatic rings. The molecule has 0 unspecified atom stereocenters. The van der Waals surface area contributed by atoms with Crippen LogP contribution in [0.5, 0.6) is 0 Å². The molecule has 1 heterocycles. The molecule has 112 valence electrons. The molecule has 0 aromatic carbocycles. The van der Waals surface area contributed by atoms with E-state index >= 15 is 0 Å². The Morgan fingerprint density at radius 1 is 1.20 bits per heavy atom. The van der Waals surface area contributed by atoms with Crippen molar-refractivity contribution in [2.75, 3.05) is 5.32 Å². The van der Waals surface area contributed by atoms with Crippen LogP contribution in [0.2, 0.25) is 0 Å². The molecule has 2 nitrogen and oxygen atoms in total. The number of nitrogens with zero attached hydrogens (tertiary/aromatic N) is 1. The second-order valence-electron chi connectivity index (χ2n) is 4.84. The molecule has 1 aromatic heterocycles. The van der Waals surface area contributed by atoms with Crippen LogP contribution in [-0.4, -0.2) is 16.9 Å². The fourth-order valence-corrected chi connectivity index (χ4v) is 2.57. The Balaban J connectivity index is 2.09. The maximum atomic E-state index is 13.0. The quantitative estimate of drug-likeness (QED) is 0.603. The summed E-state index contributed by atoms with van der Waals surface area (Å²) in [5.74, 6) is -2.62. The lowest BCUT2D eigenvalue weighted by Gasteiger charge is -2.29. The number of hydrogen-bond donors (Lipinski definition) is 1. The molecule has 1 saturated carbocycles. The Morgan fingerprint density at radius 3 is 2.35 bits per heavy atom. The molecule has 8 heteroatoms. The highest BCUT2D eigenvalue weighted by Crippen LogP contribution is 2.35. The molecule has 0 saturated heterocycles. The normalized spacial score (nSPS) is 19.9. The molecule has 0 spiro atoms. The number of rotatable bonds is 2. The number of alkyl halides is 5. The van der Waals surface area contributed by atoms with Gasteiger partial charge in [0.2, 0.25) is 5.92 Å². The molecule has 2 rings (SSSR count). The van der Waals surface area contributed by atoms with Gasteiger partial charge < -0.3 is 5.32 Å². The summed E-state index contributed by atoms with van der Waals surface area (Å²) in [6.07, 6.45) is -4.57. The fraction of sp³-hybridized carbons (Fsp3) is 0.583. The van der Waals surface area contributed by atoms with Crippen molar-refractivity contribution in [1.29, 1.82) is 0 Å². The highest BCUT2D eigenvalue weighted by Gasteiger charge is 2.35. The molecule has 0 bridgehead atoms. The Morgan fingerprint density at radius 2 is 1.80 bits per heavy atom. The summed E-state index contributed by atoms with van der Waals surface area (Å²) in [5, 5.41) is 2.80. The summed E-state index contributed by atoms with van der Waals surface area (Å²) in [5.41, 5.74) is -0.831. The van der Waals surface area contributed by atoms with Gasteiger partial charge in [0.1, 0.15) is 10.4 Å². The van der Waals surface area contributed by atoms with Crippen molar-refractivity contribution in [3.63, 3.8) is 0 Å². The van der Waals surface area contributed by atoms with Gasteiger partial charge >= 0.3 is 6.18 Å².